The summed E-state index contributed by atoms with van der Waals surface area (Å²) in [5, 5.41) is 0. The molecule has 0 saturated carbocycles. The lowest BCUT2D eigenvalue weighted by Crippen LogP contribution is -2.20. The predicted molar refractivity (Wildman–Crippen MR) is 32.4 cm³/mol. The van der Waals surface area contributed by atoms with Gasteiger partial charge in [-0.2, -0.15) is 0 Å². The Labute approximate surface area is 48.3 Å². The van der Waals surface area contributed by atoms with Crippen LogP contribution in [0.25, 0.3) is 0 Å². The molecule has 0 bridgehead atoms. The summed E-state index contributed by atoms with van der Waals surface area (Å²) in [6.45, 7) is 0. The molecule has 0 unspecified atom stereocenters. The van der Waals surface area contributed by atoms with E-state index >= 15 is 0 Å². The zero-order valence-corrected chi connectivity index (χ0v) is 4.39. The molecule has 0 aromatic rings. The predicted octanol–water partition coefficient (Wildman–Crippen LogP) is 0.263. The lowest BCUT2D eigenvalue weighted by atomic mass is 10.2. The highest BCUT2D eigenvalue weighted by Gasteiger charge is 1.96. The first-order chi connectivity index (χ1) is 3.93. The van der Waals surface area contributed by atoms with Crippen molar-refractivity contribution < 1.29 is 0 Å². The monoisotopic (exact) mass is 107 g/mol. The van der Waals surface area contributed by atoms with Gasteiger partial charge in [0.15, 0.2) is 0 Å². The minimum absolute atomic E-state index is 0.813. The van der Waals surface area contributed by atoms with Crippen LogP contribution in [0.1, 0.15) is 0 Å². The van der Waals surface area contributed by atoms with Crippen LogP contribution in [0, 0.1) is 6.08 Å². The van der Waals surface area contributed by atoms with Crippen molar-refractivity contribution in [3.8, 4) is 0 Å². The van der Waals surface area contributed by atoms with Crippen molar-refractivity contribution in [2.24, 2.45) is 5.84 Å². The van der Waals surface area contributed by atoms with Gasteiger partial charge >= 0.3 is 0 Å². The summed E-state index contributed by atoms with van der Waals surface area (Å²) in [5.41, 5.74) is 3.28. The number of allylic oxidation sites excluding steroid dienone is 5. The van der Waals surface area contributed by atoms with Gasteiger partial charge in [0, 0.05) is 6.08 Å². The molecule has 3 N–H and O–H groups in total. The Kier molecular flexibility index (Phi) is 1.42. The van der Waals surface area contributed by atoms with Crippen molar-refractivity contribution in [1.29, 1.82) is 0 Å². The molecule has 0 heterocycles. The van der Waals surface area contributed by atoms with Gasteiger partial charge in [0.05, 0.1) is 18.2 Å². The second-order valence-electron chi connectivity index (χ2n) is 1.42. The van der Waals surface area contributed by atoms with Crippen molar-refractivity contribution in [2.75, 3.05) is 0 Å². The first-order valence-electron chi connectivity index (χ1n) is 2.37. The summed E-state index contributed by atoms with van der Waals surface area (Å²) in [5.74, 6) is 5.07. The summed E-state index contributed by atoms with van der Waals surface area (Å²) < 4.78 is 0. The topological polar surface area (TPSA) is 38.0 Å². The van der Waals surface area contributed by atoms with Gasteiger partial charge in [0.2, 0.25) is 5.70 Å². The molecule has 8 heavy (non-hydrogen) atoms. The Morgan fingerprint density at radius 1 is 1.50 bits per heavy atom. The van der Waals surface area contributed by atoms with Crippen molar-refractivity contribution in [1.82, 2.24) is 5.43 Å². The van der Waals surface area contributed by atoms with E-state index < -0.39 is 0 Å². The van der Waals surface area contributed by atoms with Crippen LogP contribution in [0.4, 0.5) is 0 Å². The molecule has 2 heteroatoms. The minimum Gasteiger partial charge on any atom is -0.294 e. The van der Waals surface area contributed by atoms with Crippen LogP contribution < -0.4 is 11.3 Å². The highest BCUT2D eigenvalue weighted by Crippen LogP contribution is 1.95. The second kappa shape index (κ2) is 2.26. The van der Waals surface area contributed by atoms with E-state index in [4.69, 9.17) is 5.84 Å². The van der Waals surface area contributed by atoms with Gasteiger partial charge in [-0.3, -0.25) is 5.43 Å². The van der Waals surface area contributed by atoms with E-state index in [-0.39, 0.29) is 0 Å². The molecule has 0 atom stereocenters. The van der Waals surface area contributed by atoms with E-state index in [1.807, 2.05) is 18.2 Å². The molecule has 40 valence electrons. The summed E-state index contributed by atoms with van der Waals surface area (Å²) in [6, 6.07) is 0. The Bertz CT molecular complexity index is 154. The van der Waals surface area contributed by atoms with E-state index in [0.717, 1.165) is 5.70 Å². The summed E-state index contributed by atoms with van der Waals surface area (Å²) in [7, 11) is 0. The first kappa shape index (κ1) is 5.04. The Morgan fingerprint density at radius 3 is 2.75 bits per heavy atom. The molecule has 2 nitrogen and oxygen atoms in total. The Morgan fingerprint density at radius 2 is 2.38 bits per heavy atom. The molecule has 0 amide bonds. The molecular formula is C6H7N2+. The second-order valence-corrected chi connectivity index (χ2v) is 1.42. The van der Waals surface area contributed by atoms with Crippen LogP contribution in [0.2, 0.25) is 0 Å². The SMILES string of the molecule is NNC1=CC=CC=[C+]1. The van der Waals surface area contributed by atoms with Crippen LogP contribution >= 0.6 is 0 Å². The lowest BCUT2D eigenvalue weighted by Gasteiger charge is -1.88. The largest absolute Gasteiger partial charge is 0.294 e. The van der Waals surface area contributed by atoms with Crippen LogP contribution in [-0.4, -0.2) is 0 Å². The van der Waals surface area contributed by atoms with Crippen LogP contribution in [-0.2, 0) is 0 Å². The molecule has 0 aromatic heterocycles. The van der Waals surface area contributed by atoms with Crippen LogP contribution in [0.5, 0.6) is 0 Å². The fourth-order valence-electron chi connectivity index (χ4n) is 0.483. The molecule has 1 aliphatic carbocycles. The van der Waals surface area contributed by atoms with Crippen molar-refractivity contribution in [3.05, 3.63) is 36.1 Å². The highest BCUT2D eigenvalue weighted by molar-refractivity contribution is 5.26. The smallest absolute Gasteiger partial charge is 0.216 e. The van der Waals surface area contributed by atoms with Gasteiger partial charge in [0.1, 0.15) is 6.08 Å². The Hall–Kier alpha value is -1.11. The minimum atomic E-state index is 0.813. The normalized spacial score (nSPS) is 14.9. The van der Waals surface area contributed by atoms with Crippen molar-refractivity contribution in [2.45, 2.75) is 0 Å². The summed E-state index contributed by atoms with van der Waals surface area (Å²) in [6.07, 6.45) is 10.3. The molecule has 0 radical (unpaired) electrons. The van der Waals surface area contributed by atoms with Gasteiger partial charge in [-0.25, -0.2) is 5.84 Å². The summed E-state index contributed by atoms with van der Waals surface area (Å²) in [4.78, 5) is 0. The molecular weight excluding hydrogens is 100 g/mol. The number of nitrogens with one attached hydrogen (secondary N) is 1. The third-order valence-electron chi connectivity index (χ3n) is 0.865. The number of hydrogen-bond donors (Lipinski definition) is 2. The molecule has 0 aromatic carbocycles. The maximum atomic E-state index is 5.07. The fraction of sp³-hybridized carbons (Fsp3) is 0. The molecule has 0 aliphatic heterocycles. The maximum absolute atomic E-state index is 5.07. The molecule has 0 saturated heterocycles. The fourth-order valence-corrected chi connectivity index (χ4v) is 0.483. The van der Waals surface area contributed by atoms with Gasteiger partial charge in [0.25, 0.3) is 0 Å². The van der Waals surface area contributed by atoms with E-state index in [1.165, 1.54) is 0 Å². The summed E-state index contributed by atoms with van der Waals surface area (Å²) >= 11 is 0. The number of nitrogens with two attached hydrogens (primary N) is 1. The number of hydrogen-bond acceptors (Lipinski definition) is 2. The highest BCUT2D eigenvalue weighted by atomic mass is 15.2. The third-order valence-corrected chi connectivity index (χ3v) is 0.865. The van der Waals surface area contributed by atoms with Gasteiger partial charge < -0.3 is 0 Å². The molecule has 1 aliphatic rings. The zero-order chi connectivity index (χ0) is 5.82. The molecule has 0 spiro atoms. The van der Waals surface area contributed by atoms with E-state index in [9.17, 15) is 0 Å². The van der Waals surface area contributed by atoms with E-state index in [0.29, 0.717) is 0 Å². The first-order valence-corrected chi connectivity index (χ1v) is 2.37. The third kappa shape index (κ3) is 0.936. The molecule has 1 rings (SSSR count). The van der Waals surface area contributed by atoms with Gasteiger partial charge in [-0.15, -0.1) is 0 Å². The van der Waals surface area contributed by atoms with Crippen LogP contribution in [0.15, 0.2) is 30.0 Å². The average Bonchev–Trinajstić information content (AvgIpc) is 1.90. The standard InChI is InChI=1S/C6H7N2/c7-8-6-4-2-1-3-5-6/h1-4,8H,7H2/q+1. The van der Waals surface area contributed by atoms with Gasteiger partial charge in [-0.05, 0) is 0 Å². The lowest BCUT2D eigenvalue weighted by molar-refractivity contribution is 0.907. The number of rotatable bonds is 1. The number of hydrazine groups is 1. The van der Waals surface area contributed by atoms with E-state index in [1.54, 1.807) is 6.08 Å². The van der Waals surface area contributed by atoms with E-state index in [2.05, 4.69) is 11.5 Å². The van der Waals surface area contributed by atoms with Crippen LogP contribution in [0.3, 0.4) is 0 Å². The average molecular weight is 107 g/mol. The Balaban J connectivity index is 2.68. The van der Waals surface area contributed by atoms with Crippen molar-refractivity contribution >= 4 is 0 Å². The van der Waals surface area contributed by atoms with Gasteiger partial charge in [-0.1, -0.05) is 0 Å². The quantitative estimate of drug-likeness (QED) is 0.286. The molecule has 0 fully saturated rings. The zero-order valence-electron chi connectivity index (χ0n) is 4.39. The maximum Gasteiger partial charge on any atom is 0.216 e. The van der Waals surface area contributed by atoms with Crippen molar-refractivity contribution in [3.63, 3.8) is 0 Å².